The highest BCUT2D eigenvalue weighted by Crippen LogP contribution is 2.21. The van der Waals surface area contributed by atoms with Crippen molar-refractivity contribution in [1.29, 1.82) is 0 Å². The Balaban J connectivity index is 2.54. The van der Waals surface area contributed by atoms with E-state index in [9.17, 15) is 13.2 Å². The average molecular weight is 314 g/mol. The van der Waals surface area contributed by atoms with Gasteiger partial charge in [0.05, 0.1) is 5.69 Å². The maximum Gasteiger partial charge on any atom is 0.240 e. The highest BCUT2D eigenvalue weighted by atomic mass is 32.2. The number of sulfonamides is 1. The number of rotatable bonds is 7. The van der Waals surface area contributed by atoms with E-state index in [2.05, 4.69) is 10.6 Å². The first kappa shape index (κ1) is 17.3. The Morgan fingerprint density at radius 1 is 1.38 bits per heavy atom. The van der Waals surface area contributed by atoms with Gasteiger partial charge in [-0.15, -0.1) is 0 Å². The van der Waals surface area contributed by atoms with Gasteiger partial charge in [-0.3, -0.25) is 4.79 Å². The smallest absolute Gasteiger partial charge is 0.240 e. The maximum atomic E-state index is 11.6. The lowest BCUT2D eigenvalue weighted by atomic mass is 10.2. The molecule has 1 atom stereocenters. The molecule has 0 aromatic heterocycles. The monoisotopic (exact) mass is 314 g/mol. The molecule has 1 aromatic carbocycles. The van der Waals surface area contributed by atoms with Crippen molar-refractivity contribution in [2.45, 2.75) is 37.6 Å². The number of nitrogens with one attached hydrogen (secondary N) is 2. The van der Waals surface area contributed by atoms with Gasteiger partial charge in [-0.25, -0.2) is 13.6 Å². The van der Waals surface area contributed by atoms with E-state index in [4.69, 9.17) is 10.9 Å². The number of hydrogen-bond acceptors (Lipinski definition) is 5. The van der Waals surface area contributed by atoms with Crippen LogP contribution in [-0.2, 0) is 14.8 Å². The van der Waals surface area contributed by atoms with Gasteiger partial charge in [0.15, 0.2) is 0 Å². The Bertz CT molecular complexity index is 601. The third-order valence-corrected chi connectivity index (χ3v) is 4.00. The van der Waals surface area contributed by atoms with Crippen LogP contribution in [0.2, 0.25) is 0 Å². The number of benzene rings is 1. The van der Waals surface area contributed by atoms with Crippen LogP contribution in [0, 0.1) is 0 Å². The fourth-order valence-electron chi connectivity index (χ4n) is 1.69. The van der Waals surface area contributed by atoms with Crippen molar-refractivity contribution < 1.29 is 13.2 Å². The number of anilines is 2. The van der Waals surface area contributed by atoms with Crippen LogP contribution in [0.3, 0.4) is 0 Å². The topological polar surface area (TPSA) is 127 Å². The van der Waals surface area contributed by atoms with Crippen LogP contribution < -0.4 is 21.5 Å². The zero-order chi connectivity index (χ0) is 16.0. The minimum Gasteiger partial charge on any atom is -0.398 e. The second kappa shape index (κ2) is 7.28. The Labute approximate surface area is 125 Å². The molecular formula is C13H22N4O3S. The molecule has 0 heterocycles. The zero-order valence-corrected chi connectivity index (χ0v) is 13.0. The third-order valence-electron chi connectivity index (χ3n) is 3.02. The van der Waals surface area contributed by atoms with Gasteiger partial charge in [-0.2, -0.15) is 0 Å². The maximum absolute atomic E-state index is 11.6. The first-order chi connectivity index (χ1) is 9.74. The minimum absolute atomic E-state index is 0.0361. The first-order valence-corrected chi connectivity index (χ1v) is 8.24. The second-order valence-corrected chi connectivity index (χ2v) is 6.38. The van der Waals surface area contributed by atoms with E-state index in [0.717, 1.165) is 6.42 Å². The quantitative estimate of drug-likeness (QED) is 0.549. The molecule has 1 rings (SSSR count). The molecule has 21 heavy (non-hydrogen) atoms. The second-order valence-electron chi connectivity index (χ2n) is 4.85. The van der Waals surface area contributed by atoms with Gasteiger partial charge < -0.3 is 16.4 Å². The molecule has 0 radical (unpaired) electrons. The third kappa shape index (κ3) is 5.60. The molecule has 0 saturated heterocycles. The fraction of sp³-hybridized carbons (Fsp3) is 0.462. The predicted octanol–water partition coefficient (Wildman–Crippen LogP) is 0.633. The molecule has 0 bridgehead atoms. The fourth-order valence-corrected chi connectivity index (χ4v) is 2.33. The van der Waals surface area contributed by atoms with Gasteiger partial charge in [0.25, 0.3) is 0 Å². The largest absolute Gasteiger partial charge is 0.398 e. The van der Waals surface area contributed by atoms with Gasteiger partial charge >= 0.3 is 0 Å². The number of nitrogen functional groups attached to an aromatic ring is 1. The lowest BCUT2D eigenvalue weighted by molar-refractivity contribution is -0.121. The number of hydrogen-bond donors (Lipinski definition) is 4. The van der Waals surface area contributed by atoms with Crippen LogP contribution in [0.25, 0.3) is 0 Å². The lowest BCUT2D eigenvalue weighted by Crippen LogP contribution is -2.32. The van der Waals surface area contributed by atoms with Crippen molar-refractivity contribution in [1.82, 2.24) is 5.32 Å². The lowest BCUT2D eigenvalue weighted by Gasteiger charge is -2.12. The summed E-state index contributed by atoms with van der Waals surface area (Å²) in [7, 11) is -3.82. The van der Waals surface area contributed by atoms with E-state index in [1.807, 2.05) is 13.8 Å². The van der Waals surface area contributed by atoms with Crippen molar-refractivity contribution >= 4 is 27.3 Å². The minimum atomic E-state index is -3.82. The number of amides is 1. The van der Waals surface area contributed by atoms with Crippen molar-refractivity contribution in [2.75, 3.05) is 17.6 Å². The summed E-state index contributed by atoms with van der Waals surface area (Å²) in [5.74, 6) is -0.0361. The number of nitrogens with two attached hydrogens (primary N) is 2. The molecule has 118 valence electrons. The molecule has 8 heteroatoms. The zero-order valence-electron chi connectivity index (χ0n) is 12.2. The number of carbonyl (C=O) groups excluding carboxylic acids is 1. The van der Waals surface area contributed by atoms with E-state index in [1.54, 1.807) is 6.07 Å². The molecule has 0 spiro atoms. The highest BCUT2D eigenvalue weighted by molar-refractivity contribution is 7.89. The Morgan fingerprint density at radius 3 is 2.57 bits per heavy atom. The van der Waals surface area contributed by atoms with E-state index in [1.165, 1.54) is 12.1 Å². The van der Waals surface area contributed by atoms with E-state index < -0.39 is 10.0 Å². The van der Waals surface area contributed by atoms with Crippen LogP contribution in [-0.4, -0.2) is 26.9 Å². The average Bonchev–Trinajstić information content (AvgIpc) is 2.37. The summed E-state index contributed by atoms with van der Waals surface area (Å²) in [6.45, 7) is 4.37. The summed E-state index contributed by atoms with van der Waals surface area (Å²) in [6.07, 6.45) is 1.20. The summed E-state index contributed by atoms with van der Waals surface area (Å²) in [5, 5.41) is 10.9. The summed E-state index contributed by atoms with van der Waals surface area (Å²) >= 11 is 0. The molecular weight excluding hydrogens is 292 g/mol. The first-order valence-electron chi connectivity index (χ1n) is 6.69. The van der Waals surface area contributed by atoms with Crippen molar-refractivity contribution in [3.8, 4) is 0 Å². The van der Waals surface area contributed by atoms with Crippen LogP contribution in [0.5, 0.6) is 0 Å². The van der Waals surface area contributed by atoms with Crippen molar-refractivity contribution in [2.24, 2.45) is 5.14 Å². The summed E-state index contributed by atoms with van der Waals surface area (Å²) < 4.78 is 22.4. The van der Waals surface area contributed by atoms with Crippen LogP contribution in [0.15, 0.2) is 23.1 Å². The Morgan fingerprint density at radius 2 is 2.05 bits per heavy atom. The van der Waals surface area contributed by atoms with E-state index >= 15 is 0 Å². The van der Waals surface area contributed by atoms with Crippen LogP contribution in [0.1, 0.15) is 26.7 Å². The Kier molecular flexibility index (Phi) is 5.98. The molecule has 0 aliphatic heterocycles. The molecule has 0 fully saturated rings. The molecule has 1 aromatic rings. The number of primary sulfonamides is 1. The molecule has 0 saturated carbocycles. The molecule has 1 unspecified atom stereocenters. The standard InChI is InChI=1S/C13H22N4O3S/c1-3-9(2)17-13(18)6-7-16-10-4-5-12(11(14)8-10)21(15,19)20/h4-5,8-9,16H,3,6-7,14H2,1-2H3,(H,17,18)(H2,15,19,20). The number of carbonyl (C=O) groups is 1. The van der Waals surface area contributed by atoms with Gasteiger partial charge in [0.1, 0.15) is 4.90 Å². The molecule has 1 amide bonds. The highest BCUT2D eigenvalue weighted by Gasteiger charge is 2.12. The molecule has 7 nitrogen and oxygen atoms in total. The predicted molar refractivity (Wildman–Crippen MR) is 83.2 cm³/mol. The summed E-state index contributed by atoms with van der Waals surface area (Å²) in [5.41, 5.74) is 6.36. The summed E-state index contributed by atoms with van der Waals surface area (Å²) in [6, 6.07) is 4.53. The normalized spacial score (nSPS) is 12.7. The van der Waals surface area contributed by atoms with Gasteiger partial charge in [0.2, 0.25) is 15.9 Å². The van der Waals surface area contributed by atoms with Gasteiger partial charge in [-0.05, 0) is 31.5 Å². The molecule has 0 aliphatic carbocycles. The van der Waals surface area contributed by atoms with E-state index in [-0.39, 0.29) is 22.5 Å². The molecule has 0 aliphatic rings. The van der Waals surface area contributed by atoms with Crippen molar-refractivity contribution in [3.63, 3.8) is 0 Å². The van der Waals surface area contributed by atoms with E-state index in [0.29, 0.717) is 18.7 Å². The summed E-state index contributed by atoms with van der Waals surface area (Å²) in [4.78, 5) is 11.5. The molecule has 6 N–H and O–H groups in total. The van der Waals surface area contributed by atoms with Crippen LogP contribution in [0.4, 0.5) is 11.4 Å². The Hall–Kier alpha value is -1.80. The van der Waals surface area contributed by atoms with Crippen LogP contribution >= 0.6 is 0 Å². The van der Waals surface area contributed by atoms with Gasteiger partial charge in [-0.1, -0.05) is 6.92 Å². The SMILES string of the molecule is CCC(C)NC(=O)CCNc1ccc(S(N)(=O)=O)c(N)c1. The van der Waals surface area contributed by atoms with Gasteiger partial charge in [0, 0.05) is 24.7 Å². The van der Waals surface area contributed by atoms with Crippen molar-refractivity contribution in [3.05, 3.63) is 18.2 Å².